The van der Waals surface area contributed by atoms with Crippen LogP contribution >= 0.6 is 11.6 Å². The van der Waals surface area contributed by atoms with Crippen molar-refractivity contribution in [1.82, 2.24) is 15.6 Å². The average Bonchev–Trinajstić information content (AvgIpc) is 2.91. The van der Waals surface area contributed by atoms with Crippen LogP contribution < -0.4 is 26.2 Å². The minimum absolute atomic E-state index is 0.199. The Hall–Kier alpha value is -3.95. The van der Waals surface area contributed by atoms with E-state index in [1.807, 2.05) is 55.4 Å². The second-order valence-electron chi connectivity index (χ2n) is 10.8. The lowest BCUT2D eigenvalue weighted by atomic mass is 9.94. The zero-order valence-electron chi connectivity index (χ0n) is 23.1. The summed E-state index contributed by atoms with van der Waals surface area (Å²) in [7, 11) is 3.85. The molecule has 10 heteroatoms. The number of carbonyl (C=O) groups is 3. The Balaban J connectivity index is 1.64. The Morgan fingerprint density at radius 2 is 1.85 bits per heavy atom. The molecule has 9 nitrogen and oxygen atoms in total. The highest BCUT2D eigenvalue weighted by molar-refractivity contribution is 6.30. The van der Waals surface area contributed by atoms with Crippen LogP contribution in [0.25, 0.3) is 0 Å². The van der Waals surface area contributed by atoms with E-state index in [2.05, 4.69) is 15.6 Å². The molecule has 2 atom stereocenters. The van der Waals surface area contributed by atoms with Crippen LogP contribution in [0.1, 0.15) is 30.7 Å². The summed E-state index contributed by atoms with van der Waals surface area (Å²) in [5, 5.41) is 6.25. The number of carbonyl (C=O) groups excluding carboxylic acids is 3. The van der Waals surface area contributed by atoms with E-state index in [9.17, 15) is 14.4 Å². The second kappa shape index (κ2) is 12.1. The first-order valence-corrected chi connectivity index (χ1v) is 13.5. The van der Waals surface area contributed by atoms with Crippen LogP contribution in [-0.4, -0.2) is 54.4 Å². The lowest BCUT2D eigenvalue weighted by molar-refractivity contribution is -0.133. The number of benzene rings is 2. The number of aromatic nitrogens is 1. The molecule has 1 aliphatic rings. The molecular weight excluding hydrogens is 528 g/mol. The van der Waals surface area contributed by atoms with Crippen LogP contribution in [0.2, 0.25) is 5.02 Å². The van der Waals surface area contributed by atoms with Crippen molar-refractivity contribution in [3.8, 4) is 0 Å². The Kier molecular flexibility index (Phi) is 8.76. The fraction of sp³-hybridized carbons (Fsp3) is 0.333. The molecule has 2 heterocycles. The minimum atomic E-state index is -1.19. The summed E-state index contributed by atoms with van der Waals surface area (Å²) in [5.74, 6) is -1.21. The summed E-state index contributed by atoms with van der Waals surface area (Å²) >= 11 is 6.03. The molecule has 2 aromatic carbocycles. The van der Waals surface area contributed by atoms with Crippen molar-refractivity contribution >= 4 is 40.7 Å². The topological polar surface area (TPSA) is 121 Å². The molecule has 0 fully saturated rings. The molecule has 4 rings (SSSR count). The largest absolute Gasteiger partial charge is 0.376 e. The van der Waals surface area contributed by atoms with Gasteiger partial charge in [0.15, 0.2) is 0 Å². The smallest absolute Gasteiger partial charge is 0.250 e. The first-order chi connectivity index (χ1) is 18.9. The van der Waals surface area contributed by atoms with Gasteiger partial charge in [-0.05, 0) is 55.3 Å². The van der Waals surface area contributed by atoms with Crippen LogP contribution in [-0.2, 0) is 33.8 Å². The predicted molar refractivity (Wildman–Crippen MR) is 157 cm³/mol. The molecule has 1 aliphatic heterocycles. The van der Waals surface area contributed by atoms with Crippen LogP contribution in [0.4, 0.5) is 11.4 Å². The van der Waals surface area contributed by atoms with Gasteiger partial charge in [-0.2, -0.15) is 0 Å². The van der Waals surface area contributed by atoms with Crippen molar-refractivity contribution < 1.29 is 14.4 Å². The van der Waals surface area contributed by atoms with Crippen LogP contribution in [0.5, 0.6) is 0 Å². The number of nitrogens with zero attached hydrogens (tertiary/aromatic N) is 3. The molecule has 1 unspecified atom stereocenters. The van der Waals surface area contributed by atoms with Crippen molar-refractivity contribution in [1.29, 1.82) is 0 Å². The lowest BCUT2D eigenvalue weighted by Crippen LogP contribution is -2.60. The zero-order valence-corrected chi connectivity index (χ0v) is 23.9. The maximum absolute atomic E-state index is 13.9. The molecule has 0 spiro atoms. The van der Waals surface area contributed by atoms with Gasteiger partial charge in [0.1, 0.15) is 12.1 Å². The SMILES string of the molecule is CN(C)c1cccc2c1N(Cc1ccccn1)C(=O)C(NC(=O)[C@@H](Cc1ccc(Cl)cc1)NC(=O)C(C)(C)N)C2. The first kappa shape index (κ1) is 29.0. The quantitative estimate of drug-likeness (QED) is 0.369. The molecule has 4 N–H and O–H groups in total. The van der Waals surface area contributed by atoms with E-state index in [4.69, 9.17) is 17.3 Å². The standard InChI is InChI=1S/C30H35ClN6O3/c1-30(2,32)29(40)35-23(16-19-11-13-21(31)14-12-19)27(38)34-24-17-20-8-7-10-25(36(3)4)26(20)37(28(24)39)18-22-9-5-6-15-33-22/h5-15,23-24H,16-18,32H2,1-4H3,(H,34,38)(H,35,40)/t23-,24?/m1/s1. The molecular formula is C30H35ClN6O3. The highest BCUT2D eigenvalue weighted by atomic mass is 35.5. The highest BCUT2D eigenvalue weighted by Crippen LogP contribution is 2.37. The van der Waals surface area contributed by atoms with E-state index in [1.54, 1.807) is 49.2 Å². The van der Waals surface area contributed by atoms with Crippen molar-refractivity contribution in [3.05, 3.63) is 88.7 Å². The third-order valence-corrected chi connectivity index (χ3v) is 7.01. The second-order valence-corrected chi connectivity index (χ2v) is 11.2. The molecule has 40 heavy (non-hydrogen) atoms. The summed E-state index contributed by atoms with van der Waals surface area (Å²) in [5.41, 5.74) is 8.94. The number of nitrogens with two attached hydrogens (primary N) is 1. The van der Waals surface area contributed by atoms with Crippen LogP contribution in [0.3, 0.4) is 0 Å². The Labute approximate surface area is 239 Å². The highest BCUT2D eigenvalue weighted by Gasteiger charge is 2.37. The normalized spacial score (nSPS) is 15.7. The van der Waals surface area contributed by atoms with E-state index in [1.165, 1.54) is 0 Å². The number of anilines is 2. The number of halogens is 1. The van der Waals surface area contributed by atoms with Gasteiger partial charge in [-0.3, -0.25) is 19.4 Å². The van der Waals surface area contributed by atoms with Crippen molar-refractivity contribution in [2.24, 2.45) is 5.73 Å². The summed E-state index contributed by atoms with van der Waals surface area (Å²) in [6.45, 7) is 3.38. The molecule has 0 bridgehead atoms. The van der Waals surface area contributed by atoms with Gasteiger partial charge in [0.2, 0.25) is 17.7 Å². The number of fused-ring (bicyclic) bond motifs is 1. The fourth-order valence-corrected chi connectivity index (χ4v) is 4.75. The van der Waals surface area contributed by atoms with E-state index >= 15 is 0 Å². The molecule has 3 amide bonds. The van der Waals surface area contributed by atoms with E-state index in [0.717, 1.165) is 28.2 Å². The molecule has 3 aromatic rings. The summed E-state index contributed by atoms with van der Waals surface area (Å²) in [6.07, 6.45) is 2.19. The first-order valence-electron chi connectivity index (χ1n) is 13.1. The van der Waals surface area contributed by atoms with Gasteiger partial charge in [-0.1, -0.05) is 41.9 Å². The molecule has 0 aliphatic carbocycles. The number of pyridine rings is 1. The molecule has 1 aromatic heterocycles. The Morgan fingerprint density at radius 3 is 2.48 bits per heavy atom. The van der Waals surface area contributed by atoms with Crippen molar-refractivity contribution in [2.75, 3.05) is 23.9 Å². The maximum atomic E-state index is 13.9. The van der Waals surface area contributed by atoms with E-state index in [0.29, 0.717) is 11.4 Å². The zero-order chi connectivity index (χ0) is 29.0. The van der Waals surface area contributed by atoms with Gasteiger partial charge < -0.3 is 26.2 Å². The van der Waals surface area contributed by atoms with Crippen LogP contribution in [0.15, 0.2) is 66.9 Å². The summed E-state index contributed by atoms with van der Waals surface area (Å²) in [4.78, 5) is 48.4. The van der Waals surface area contributed by atoms with Crippen LogP contribution in [0, 0.1) is 0 Å². The van der Waals surface area contributed by atoms with Gasteiger partial charge >= 0.3 is 0 Å². The predicted octanol–water partition coefficient (Wildman–Crippen LogP) is 2.84. The molecule has 0 radical (unpaired) electrons. The number of para-hydroxylation sites is 1. The van der Waals surface area contributed by atoms with Gasteiger partial charge in [-0.25, -0.2) is 0 Å². The molecule has 0 saturated heterocycles. The van der Waals surface area contributed by atoms with E-state index < -0.39 is 29.4 Å². The molecule has 0 saturated carbocycles. The summed E-state index contributed by atoms with van der Waals surface area (Å²) in [6, 6.07) is 16.7. The number of rotatable bonds is 9. The average molecular weight is 563 g/mol. The monoisotopic (exact) mass is 562 g/mol. The van der Waals surface area contributed by atoms with Gasteiger partial charge in [0.25, 0.3) is 0 Å². The van der Waals surface area contributed by atoms with E-state index in [-0.39, 0.29) is 18.9 Å². The lowest BCUT2D eigenvalue weighted by Gasteiger charge is -2.37. The molecule has 210 valence electrons. The third kappa shape index (κ3) is 6.78. The van der Waals surface area contributed by atoms with Crippen molar-refractivity contribution in [2.45, 2.75) is 50.9 Å². The van der Waals surface area contributed by atoms with Gasteiger partial charge in [-0.15, -0.1) is 0 Å². The van der Waals surface area contributed by atoms with Gasteiger partial charge in [0, 0.05) is 38.2 Å². The number of amides is 3. The Morgan fingerprint density at radius 1 is 1.12 bits per heavy atom. The Bertz CT molecular complexity index is 1370. The number of nitrogens with one attached hydrogen (secondary N) is 2. The minimum Gasteiger partial charge on any atom is -0.376 e. The number of hydrogen-bond acceptors (Lipinski definition) is 6. The fourth-order valence-electron chi connectivity index (χ4n) is 4.63. The maximum Gasteiger partial charge on any atom is 0.250 e. The summed E-state index contributed by atoms with van der Waals surface area (Å²) < 4.78 is 0. The van der Waals surface area contributed by atoms with Gasteiger partial charge in [0.05, 0.1) is 29.2 Å². The van der Waals surface area contributed by atoms with Crippen molar-refractivity contribution in [3.63, 3.8) is 0 Å². The number of hydrogen-bond donors (Lipinski definition) is 3. The third-order valence-electron chi connectivity index (χ3n) is 6.76.